The summed E-state index contributed by atoms with van der Waals surface area (Å²) in [6.45, 7) is 7.12. The van der Waals surface area contributed by atoms with E-state index < -0.39 is 0 Å². The maximum Gasteiger partial charge on any atom is 0.222 e. The quantitative estimate of drug-likeness (QED) is 0.748. The van der Waals surface area contributed by atoms with E-state index in [1.807, 2.05) is 16.7 Å². The summed E-state index contributed by atoms with van der Waals surface area (Å²) >= 11 is 1.96. The van der Waals surface area contributed by atoms with E-state index in [2.05, 4.69) is 19.2 Å². The van der Waals surface area contributed by atoms with Crippen molar-refractivity contribution in [1.82, 2.24) is 10.2 Å². The molecule has 1 saturated heterocycles. The van der Waals surface area contributed by atoms with Crippen molar-refractivity contribution in [2.45, 2.75) is 39.2 Å². The summed E-state index contributed by atoms with van der Waals surface area (Å²) in [5, 5.41) is 3.34. The van der Waals surface area contributed by atoms with Crippen molar-refractivity contribution < 1.29 is 4.79 Å². The number of nitrogens with zero attached hydrogens (tertiary/aromatic N) is 1. The second kappa shape index (κ2) is 7.96. The Labute approximate surface area is 103 Å². The summed E-state index contributed by atoms with van der Waals surface area (Å²) in [5.74, 6) is 2.65. The molecule has 4 heteroatoms. The molecule has 1 rings (SSSR count). The van der Waals surface area contributed by atoms with Gasteiger partial charge in [-0.2, -0.15) is 11.8 Å². The standard InChI is InChI=1S/C12H24N2OS/c1-11(2)13-6-3-5-12(15)14-7-4-9-16-10-8-14/h11,13H,3-10H2,1-2H3. The molecule has 1 amide bonds. The minimum atomic E-state index is 0.341. The first-order valence-electron chi connectivity index (χ1n) is 6.29. The van der Waals surface area contributed by atoms with Gasteiger partial charge in [-0.15, -0.1) is 0 Å². The predicted molar refractivity (Wildman–Crippen MR) is 70.9 cm³/mol. The summed E-state index contributed by atoms with van der Waals surface area (Å²) in [6, 6.07) is 0.518. The average Bonchev–Trinajstić information content (AvgIpc) is 2.52. The average molecular weight is 244 g/mol. The fourth-order valence-corrected chi connectivity index (χ4v) is 2.67. The molecule has 0 aliphatic carbocycles. The zero-order chi connectivity index (χ0) is 11.8. The highest BCUT2D eigenvalue weighted by Crippen LogP contribution is 2.11. The summed E-state index contributed by atoms with van der Waals surface area (Å²) < 4.78 is 0. The van der Waals surface area contributed by atoms with Crippen molar-refractivity contribution in [3.05, 3.63) is 0 Å². The van der Waals surface area contributed by atoms with Crippen molar-refractivity contribution in [1.29, 1.82) is 0 Å². The van der Waals surface area contributed by atoms with Crippen LogP contribution < -0.4 is 5.32 Å². The van der Waals surface area contributed by atoms with E-state index in [0.29, 0.717) is 18.4 Å². The Bertz CT molecular complexity index is 201. The Kier molecular flexibility index (Phi) is 6.88. The lowest BCUT2D eigenvalue weighted by Crippen LogP contribution is -2.33. The second-order valence-corrected chi connectivity index (χ2v) is 5.78. The highest BCUT2D eigenvalue weighted by Gasteiger charge is 2.14. The lowest BCUT2D eigenvalue weighted by atomic mass is 10.2. The van der Waals surface area contributed by atoms with Crippen molar-refractivity contribution in [3.63, 3.8) is 0 Å². The molecule has 0 saturated carbocycles. The van der Waals surface area contributed by atoms with Crippen LogP contribution in [0.25, 0.3) is 0 Å². The predicted octanol–water partition coefficient (Wildman–Crippen LogP) is 1.73. The lowest BCUT2D eigenvalue weighted by molar-refractivity contribution is -0.131. The van der Waals surface area contributed by atoms with Gasteiger partial charge in [-0.25, -0.2) is 0 Å². The van der Waals surface area contributed by atoms with Crippen LogP contribution in [-0.4, -0.2) is 48.0 Å². The van der Waals surface area contributed by atoms with Crippen LogP contribution in [0.5, 0.6) is 0 Å². The van der Waals surface area contributed by atoms with E-state index in [1.54, 1.807) is 0 Å². The normalized spacial score (nSPS) is 17.6. The van der Waals surface area contributed by atoms with Gasteiger partial charge in [-0.1, -0.05) is 13.8 Å². The van der Waals surface area contributed by atoms with Crippen LogP contribution in [0.1, 0.15) is 33.1 Å². The van der Waals surface area contributed by atoms with Crippen molar-refractivity contribution in [2.75, 3.05) is 31.1 Å². The molecule has 1 aliphatic rings. The maximum absolute atomic E-state index is 11.9. The third kappa shape index (κ3) is 5.75. The minimum absolute atomic E-state index is 0.341. The third-order valence-electron chi connectivity index (χ3n) is 2.69. The number of hydrogen-bond donors (Lipinski definition) is 1. The molecule has 3 nitrogen and oxygen atoms in total. The number of thioether (sulfide) groups is 1. The molecule has 1 fully saturated rings. The Hall–Kier alpha value is -0.220. The fourth-order valence-electron chi connectivity index (χ4n) is 1.78. The first-order chi connectivity index (χ1) is 7.70. The largest absolute Gasteiger partial charge is 0.342 e. The van der Waals surface area contributed by atoms with Crippen LogP contribution in [0.3, 0.4) is 0 Å². The molecule has 1 aliphatic heterocycles. The van der Waals surface area contributed by atoms with Crippen molar-refractivity contribution >= 4 is 17.7 Å². The molecule has 0 unspecified atom stereocenters. The van der Waals surface area contributed by atoms with Crippen molar-refractivity contribution in [3.8, 4) is 0 Å². The summed E-state index contributed by atoms with van der Waals surface area (Å²) in [5.41, 5.74) is 0. The SMILES string of the molecule is CC(C)NCCCC(=O)N1CCCSCC1. The van der Waals surface area contributed by atoms with E-state index in [1.165, 1.54) is 5.75 Å². The summed E-state index contributed by atoms with van der Waals surface area (Å²) in [6.07, 6.45) is 2.81. The maximum atomic E-state index is 11.9. The van der Waals surface area contributed by atoms with Gasteiger partial charge in [0.1, 0.15) is 0 Å². The van der Waals surface area contributed by atoms with E-state index >= 15 is 0 Å². The molecule has 0 bridgehead atoms. The first kappa shape index (κ1) is 13.8. The number of amides is 1. The van der Waals surface area contributed by atoms with Gasteiger partial charge in [0, 0.05) is 31.3 Å². The van der Waals surface area contributed by atoms with Crippen LogP contribution >= 0.6 is 11.8 Å². The van der Waals surface area contributed by atoms with E-state index in [-0.39, 0.29) is 0 Å². The van der Waals surface area contributed by atoms with Gasteiger partial charge >= 0.3 is 0 Å². The number of rotatable bonds is 5. The van der Waals surface area contributed by atoms with Crippen LogP contribution in [0.4, 0.5) is 0 Å². The Morgan fingerprint density at radius 3 is 2.94 bits per heavy atom. The zero-order valence-electron chi connectivity index (χ0n) is 10.5. The van der Waals surface area contributed by atoms with Gasteiger partial charge in [0.2, 0.25) is 5.91 Å². The Morgan fingerprint density at radius 1 is 1.38 bits per heavy atom. The monoisotopic (exact) mass is 244 g/mol. The molecular formula is C12H24N2OS. The van der Waals surface area contributed by atoms with Gasteiger partial charge in [0.15, 0.2) is 0 Å². The molecule has 1 heterocycles. The highest BCUT2D eigenvalue weighted by molar-refractivity contribution is 7.99. The van der Waals surface area contributed by atoms with Gasteiger partial charge in [0.05, 0.1) is 0 Å². The molecule has 1 N–H and O–H groups in total. The summed E-state index contributed by atoms with van der Waals surface area (Å²) in [4.78, 5) is 13.9. The second-order valence-electron chi connectivity index (χ2n) is 4.56. The minimum Gasteiger partial charge on any atom is -0.342 e. The third-order valence-corrected chi connectivity index (χ3v) is 3.74. The van der Waals surface area contributed by atoms with Gasteiger partial charge < -0.3 is 10.2 Å². The molecule has 0 spiro atoms. The Morgan fingerprint density at radius 2 is 2.19 bits per heavy atom. The Balaban J connectivity index is 2.13. The van der Waals surface area contributed by atoms with E-state index in [9.17, 15) is 4.79 Å². The number of carbonyl (C=O) groups is 1. The first-order valence-corrected chi connectivity index (χ1v) is 7.44. The lowest BCUT2D eigenvalue weighted by Gasteiger charge is -2.20. The van der Waals surface area contributed by atoms with Crippen molar-refractivity contribution in [2.24, 2.45) is 0 Å². The molecule has 16 heavy (non-hydrogen) atoms. The topological polar surface area (TPSA) is 32.3 Å². The molecule has 0 atom stereocenters. The van der Waals surface area contributed by atoms with Gasteiger partial charge in [-0.3, -0.25) is 4.79 Å². The van der Waals surface area contributed by atoms with Crippen LogP contribution in [0, 0.1) is 0 Å². The molecule has 0 radical (unpaired) electrons. The fraction of sp³-hybridized carbons (Fsp3) is 0.917. The molecular weight excluding hydrogens is 220 g/mol. The number of hydrogen-bond acceptors (Lipinski definition) is 3. The molecule has 0 aromatic carbocycles. The molecule has 0 aromatic heterocycles. The highest BCUT2D eigenvalue weighted by atomic mass is 32.2. The van der Waals surface area contributed by atoms with Gasteiger partial charge in [0.25, 0.3) is 0 Å². The smallest absolute Gasteiger partial charge is 0.222 e. The number of nitrogens with one attached hydrogen (secondary N) is 1. The van der Waals surface area contributed by atoms with E-state index in [4.69, 9.17) is 0 Å². The zero-order valence-corrected chi connectivity index (χ0v) is 11.3. The summed E-state index contributed by atoms with van der Waals surface area (Å²) in [7, 11) is 0. The van der Waals surface area contributed by atoms with Crippen LogP contribution in [-0.2, 0) is 4.79 Å². The molecule has 94 valence electrons. The van der Waals surface area contributed by atoms with E-state index in [0.717, 1.165) is 38.2 Å². The van der Waals surface area contributed by atoms with Crippen LogP contribution in [0.15, 0.2) is 0 Å². The molecule has 0 aromatic rings. The van der Waals surface area contributed by atoms with Crippen LogP contribution in [0.2, 0.25) is 0 Å². The number of carbonyl (C=O) groups excluding carboxylic acids is 1. The van der Waals surface area contributed by atoms with Gasteiger partial charge in [-0.05, 0) is 25.1 Å².